The van der Waals surface area contributed by atoms with E-state index in [-0.39, 0.29) is 11.1 Å². The monoisotopic (exact) mass is 465 g/mol. The molecule has 1 aliphatic rings. The molecule has 1 aliphatic heterocycles. The lowest BCUT2D eigenvalue weighted by atomic mass is 10.1. The van der Waals surface area contributed by atoms with Gasteiger partial charge in [0.15, 0.2) is 0 Å². The Morgan fingerprint density at radius 1 is 1.16 bits per heavy atom. The molecule has 4 nitrogen and oxygen atoms in total. The highest BCUT2D eigenvalue weighted by atomic mass is 127. The van der Waals surface area contributed by atoms with Crippen molar-refractivity contribution in [1.82, 2.24) is 4.90 Å². The van der Waals surface area contributed by atoms with Gasteiger partial charge in [0.2, 0.25) is 0 Å². The molecule has 0 unspecified atom stereocenters. The van der Waals surface area contributed by atoms with Gasteiger partial charge < -0.3 is 4.74 Å². The number of ether oxygens (including phenoxy) is 1. The molecular formula is C19H16INO3S. The van der Waals surface area contributed by atoms with Gasteiger partial charge >= 0.3 is 0 Å². The molecule has 0 saturated carbocycles. The first-order valence-electron chi connectivity index (χ1n) is 7.71. The number of amides is 2. The van der Waals surface area contributed by atoms with E-state index in [0.29, 0.717) is 17.9 Å². The lowest BCUT2D eigenvalue weighted by Gasteiger charge is -2.12. The van der Waals surface area contributed by atoms with Crippen LogP contribution in [0.5, 0.6) is 5.75 Å². The average molecular weight is 465 g/mol. The quantitative estimate of drug-likeness (QED) is 0.479. The fourth-order valence-electron chi connectivity index (χ4n) is 2.50. The van der Waals surface area contributed by atoms with Crippen molar-refractivity contribution >= 4 is 51.6 Å². The summed E-state index contributed by atoms with van der Waals surface area (Å²) >= 11 is 3.17. The molecule has 2 amide bonds. The van der Waals surface area contributed by atoms with Gasteiger partial charge in [0.1, 0.15) is 5.75 Å². The second-order valence-corrected chi connectivity index (χ2v) is 7.62. The van der Waals surface area contributed by atoms with Crippen molar-refractivity contribution in [1.29, 1.82) is 0 Å². The maximum Gasteiger partial charge on any atom is 0.293 e. The van der Waals surface area contributed by atoms with Gasteiger partial charge in [-0.25, -0.2) is 0 Å². The molecule has 0 radical (unpaired) electrons. The summed E-state index contributed by atoms with van der Waals surface area (Å²) in [5.74, 6) is 0.561. The molecule has 0 spiro atoms. The van der Waals surface area contributed by atoms with E-state index in [1.54, 1.807) is 13.2 Å². The van der Waals surface area contributed by atoms with Crippen LogP contribution in [-0.2, 0) is 11.2 Å². The van der Waals surface area contributed by atoms with Crippen LogP contribution in [0.4, 0.5) is 4.79 Å². The minimum atomic E-state index is -0.225. The van der Waals surface area contributed by atoms with E-state index < -0.39 is 0 Å². The van der Waals surface area contributed by atoms with Crippen molar-refractivity contribution in [3.63, 3.8) is 0 Å². The van der Waals surface area contributed by atoms with Crippen LogP contribution in [0.2, 0.25) is 0 Å². The molecule has 0 aromatic heterocycles. The van der Waals surface area contributed by atoms with Crippen molar-refractivity contribution < 1.29 is 14.3 Å². The number of halogens is 1. The summed E-state index contributed by atoms with van der Waals surface area (Å²) in [4.78, 5) is 26.5. The molecular weight excluding hydrogens is 449 g/mol. The first kappa shape index (κ1) is 18.0. The van der Waals surface area contributed by atoms with Crippen LogP contribution >= 0.6 is 34.4 Å². The smallest absolute Gasteiger partial charge is 0.293 e. The van der Waals surface area contributed by atoms with E-state index in [2.05, 4.69) is 22.6 Å². The van der Waals surface area contributed by atoms with Gasteiger partial charge in [0.05, 0.1) is 15.6 Å². The summed E-state index contributed by atoms with van der Waals surface area (Å²) in [5.41, 5.74) is 1.98. The average Bonchev–Trinajstić information content (AvgIpc) is 2.87. The molecule has 2 aromatic carbocycles. The molecule has 1 heterocycles. The SMILES string of the molecule is COc1ccc(/C=C2\SC(=O)N(CCc3ccccc3)C2=O)cc1I. The summed E-state index contributed by atoms with van der Waals surface area (Å²) < 4.78 is 6.19. The minimum absolute atomic E-state index is 0.213. The second kappa shape index (κ2) is 8.05. The molecule has 128 valence electrons. The van der Waals surface area contributed by atoms with Gasteiger partial charge in [-0.3, -0.25) is 14.5 Å². The standard InChI is InChI=1S/C19H16INO3S/c1-24-16-8-7-14(11-15(16)20)12-17-18(22)21(19(23)25-17)10-9-13-5-3-2-4-6-13/h2-8,11-12H,9-10H2,1H3/b17-12-. The molecule has 1 fully saturated rings. The lowest BCUT2D eigenvalue weighted by Crippen LogP contribution is -2.30. The molecule has 25 heavy (non-hydrogen) atoms. The van der Waals surface area contributed by atoms with E-state index in [4.69, 9.17) is 4.74 Å². The van der Waals surface area contributed by atoms with Crippen molar-refractivity contribution in [2.45, 2.75) is 6.42 Å². The Kier molecular flexibility index (Phi) is 5.80. The van der Waals surface area contributed by atoms with Crippen LogP contribution in [-0.4, -0.2) is 29.7 Å². The molecule has 0 atom stereocenters. The Balaban J connectivity index is 1.73. The summed E-state index contributed by atoms with van der Waals surface area (Å²) in [6.45, 7) is 0.395. The van der Waals surface area contributed by atoms with E-state index in [9.17, 15) is 9.59 Å². The number of nitrogens with zero attached hydrogens (tertiary/aromatic N) is 1. The maximum atomic E-state index is 12.5. The van der Waals surface area contributed by atoms with Crippen LogP contribution in [0.1, 0.15) is 11.1 Å². The summed E-state index contributed by atoms with van der Waals surface area (Å²) in [7, 11) is 1.62. The zero-order valence-electron chi connectivity index (χ0n) is 13.6. The number of rotatable bonds is 5. The molecule has 6 heteroatoms. The first-order chi connectivity index (χ1) is 12.1. The molecule has 0 aliphatic carbocycles. The Bertz CT molecular complexity index is 836. The Morgan fingerprint density at radius 3 is 2.60 bits per heavy atom. The molecule has 1 saturated heterocycles. The predicted molar refractivity (Wildman–Crippen MR) is 109 cm³/mol. The Morgan fingerprint density at radius 2 is 1.92 bits per heavy atom. The first-order valence-corrected chi connectivity index (χ1v) is 9.61. The number of carbonyl (C=O) groups is 2. The number of thioether (sulfide) groups is 1. The van der Waals surface area contributed by atoms with Crippen molar-refractivity contribution in [2.75, 3.05) is 13.7 Å². The normalized spacial score (nSPS) is 15.9. The molecule has 3 rings (SSSR count). The van der Waals surface area contributed by atoms with Crippen LogP contribution in [0.15, 0.2) is 53.4 Å². The third-order valence-electron chi connectivity index (χ3n) is 3.81. The fourth-order valence-corrected chi connectivity index (χ4v) is 4.13. The fraction of sp³-hybridized carbons (Fsp3) is 0.158. The predicted octanol–water partition coefficient (Wildman–Crippen LogP) is 4.58. The zero-order valence-corrected chi connectivity index (χ0v) is 16.5. The maximum absolute atomic E-state index is 12.5. The zero-order chi connectivity index (χ0) is 17.8. The van der Waals surface area contributed by atoms with Gasteiger partial charge in [-0.2, -0.15) is 0 Å². The lowest BCUT2D eigenvalue weighted by molar-refractivity contribution is -0.122. The van der Waals surface area contributed by atoms with Gasteiger partial charge in [-0.15, -0.1) is 0 Å². The Labute approximate surface area is 164 Å². The number of benzene rings is 2. The number of hydrogen-bond donors (Lipinski definition) is 0. The van der Waals surface area contributed by atoms with Gasteiger partial charge in [0, 0.05) is 6.54 Å². The molecule has 2 aromatic rings. The molecule has 0 bridgehead atoms. The van der Waals surface area contributed by atoms with Gasteiger partial charge in [-0.1, -0.05) is 36.4 Å². The molecule has 0 N–H and O–H groups in total. The van der Waals surface area contributed by atoms with Crippen molar-refractivity contribution in [3.8, 4) is 5.75 Å². The highest BCUT2D eigenvalue weighted by molar-refractivity contribution is 14.1. The van der Waals surface area contributed by atoms with Crippen LogP contribution < -0.4 is 4.74 Å². The van der Waals surface area contributed by atoms with Crippen LogP contribution in [0, 0.1) is 3.57 Å². The highest BCUT2D eigenvalue weighted by Crippen LogP contribution is 2.33. The third-order valence-corrected chi connectivity index (χ3v) is 5.56. The highest BCUT2D eigenvalue weighted by Gasteiger charge is 2.34. The third kappa shape index (κ3) is 4.24. The van der Waals surface area contributed by atoms with E-state index >= 15 is 0 Å². The van der Waals surface area contributed by atoms with Gasteiger partial charge in [-0.05, 0) is 70.1 Å². The summed E-state index contributed by atoms with van der Waals surface area (Å²) in [5, 5.41) is -0.213. The Hall–Kier alpha value is -1.80. The number of carbonyl (C=O) groups excluding carboxylic acids is 2. The topological polar surface area (TPSA) is 46.6 Å². The summed E-state index contributed by atoms with van der Waals surface area (Å²) in [6, 6.07) is 15.5. The summed E-state index contributed by atoms with van der Waals surface area (Å²) in [6.07, 6.45) is 2.42. The van der Waals surface area contributed by atoms with Crippen molar-refractivity contribution in [3.05, 3.63) is 68.1 Å². The van der Waals surface area contributed by atoms with E-state index in [1.165, 1.54) is 4.90 Å². The largest absolute Gasteiger partial charge is 0.496 e. The van der Waals surface area contributed by atoms with Crippen LogP contribution in [0.3, 0.4) is 0 Å². The second-order valence-electron chi connectivity index (χ2n) is 5.46. The number of methoxy groups -OCH3 is 1. The van der Waals surface area contributed by atoms with E-state index in [0.717, 1.165) is 32.2 Å². The van der Waals surface area contributed by atoms with Crippen molar-refractivity contribution in [2.24, 2.45) is 0 Å². The number of hydrogen-bond acceptors (Lipinski definition) is 4. The van der Waals surface area contributed by atoms with E-state index in [1.807, 2.05) is 48.5 Å². The van der Waals surface area contributed by atoms with Crippen LogP contribution in [0.25, 0.3) is 6.08 Å². The van der Waals surface area contributed by atoms with Gasteiger partial charge in [0.25, 0.3) is 11.1 Å². The minimum Gasteiger partial charge on any atom is -0.496 e. The number of imide groups is 1.